The predicted octanol–water partition coefficient (Wildman–Crippen LogP) is 1.19. The van der Waals surface area contributed by atoms with E-state index in [-0.39, 0.29) is 41.5 Å². The highest BCUT2D eigenvalue weighted by Crippen LogP contribution is 2.26. The number of amides is 3. The number of nitrogens with one attached hydrogen (secondary N) is 1. The Bertz CT molecular complexity index is 962. The topological polar surface area (TPSA) is 96.0 Å². The van der Waals surface area contributed by atoms with Crippen molar-refractivity contribution in [2.24, 2.45) is 5.92 Å². The second-order valence-corrected chi connectivity index (χ2v) is 10.7. The van der Waals surface area contributed by atoms with Crippen molar-refractivity contribution in [2.45, 2.75) is 42.7 Å². The molecule has 31 heavy (non-hydrogen) atoms. The molecule has 2 atom stereocenters. The summed E-state index contributed by atoms with van der Waals surface area (Å²) in [6.45, 7) is 2.33. The number of urea groups is 1. The molecule has 1 N–H and O–H groups in total. The van der Waals surface area contributed by atoms with Crippen molar-refractivity contribution in [3.8, 4) is 0 Å². The number of hydrogen-bond acceptors (Lipinski definition) is 5. The second kappa shape index (κ2) is 8.74. The number of carbonyl (C=O) groups excluding carboxylic acids is 2. The smallest absolute Gasteiger partial charge is 0.320 e. The lowest BCUT2D eigenvalue weighted by Crippen LogP contribution is -2.62. The van der Waals surface area contributed by atoms with Crippen LogP contribution < -0.4 is 5.32 Å². The third-order valence-corrected chi connectivity index (χ3v) is 7.55. The average molecular weight is 454 g/mol. The van der Waals surface area contributed by atoms with Crippen LogP contribution in [0.1, 0.15) is 24.8 Å². The summed E-state index contributed by atoms with van der Waals surface area (Å²) in [4.78, 5) is 28.1. The molecule has 1 aromatic carbocycles. The van der Waals surface area contributed by atoms with Crippen LogP contribution in [0.4, 0.5) is 9.18 Å². The Labute approximate surface area is 181 Å². The van der Waals surface area contributed by atoms with Crippen molar-refractivity contribution in [3.05, 3.63) is 29.6 Å². The highest BCUT2D eigenvalue weighted by Gasteiger charge is 2.38. The van der Waals surface area contributed by atoms with Crippen LogP contribution in [-0.4, -0.2) is 81.3 Å². The summed E-state index contributed by atoms with van der Waals surface area (Å²) in [7, 11) is -3.43. The molecule has 3 amide bonds. The lowest BCUT2D eigenvalue weighted by Gasteiger charge is -2.43. The highest BCUT2D eigenvalue weighted by molar-refractivity contribution is 7.90. The van der Waals surface area contributed by atoms with Gasteiger partial charge in [-0.1, -0.05) is 6.07 Å². The molecule has 3 fully saturated rings. The third-order valence-electron chi connectivity index (χ3n) is 6.44. The number of piperidine rings is 2. The van der Waals surface area contributed by atoms with E-state index < -0.39 is 15.7 Å². The molecule has 3 saturated heterocycles. The van der Waals surface area contributed by atoms with E-state index in [2.05, 4.69) is 5.32 Å². The number of carbonyl (C=O) groups is 2. The van der Waals surface area contributed by atoms with Gasteiger partial charge in [0.1, 0.15) is 12.4 Å². The van der Waals surface area contributed by atoms with Crippen LogP contribution in [0, 0.1) is 11.7 Å². The standard InChI is InChI=1S/C21H28FN3O5S/c1-31(28,29)16-3-2-15(17(22)11-16)10-14-4-7-24(8-5-14)21(27)25-9-6-19-18(12-25)23-20(26)13-30-19/h2-3,11,14,18-19H,4-10,12-13H2,1H3,(H,23,26)/t18-,19+/m1/s1. The Hall–Kier alpha value is -2.20. The molecule has 8 nitrogen and oxygen atoms in total. The van der Waals surface area contributed by atoms with Gasteiger partial charge in [-0.3, -0.25) is 4.79 Å². The predicted molar refractivity (Wildman–Crippen MR) is 111 cm³/mol. The fourth-order valence-electron chi connectivity index (χ4n) is 4.64. The molecular formula is C21H28FN3O5S. The monoisotopic (exact) mass is 453 g/mol. The molecule has 0 radical (unpaired) electrons. The minimum atomic E-state index is -3.43. The Kier molecular flexibility index (Phi) is 6.20. The van der Waals surface area contributed by atoms with Gasteiger partial charge in [-0.05, 0) is 49.3 Å². The maximum absolute atomic E-state index is 14.4. The van der Waals surface area contributed by atoms with E-state index in [9.17, 15) is 22.4 Å². The van der Waals surface area contributed by atoms with Gasteiger partial charge in [0, 0.05) is 32.4 Å². The van der Waals surface area contributed by atoms with Crippen LogP contribution in [0.5, 0.6) is 0 Å². The van der Waals surface area contributed by atoms with Gasteiger partial charge in [-0.2, -0.15) is 0 Å². The van der Waals surface area contributed by atoms with E-state index in [4.69, 9.17) is 4.74 Å². The number of likely N-dealkylation sites (tertiary alicyclic amines) is 2. The molecule has 3 aliphatic heterocycles. The fraction of sp³-hybridized carbons (Fsp3) is 0.619. The number of benzene rings is 1. The van der Waals surface area contributed by atoms with Crippen molar-refractivity contribution in [3.63, 3.8) is 0 Å². The van der Waals surface area contributed by atoms with Crippen LogP contribution in [0.3, 0.4) is 0 Å². The lowest BCUT2D eigenvalue weighted by molar-refractivity contribution is -0.139. The maximum Gasteiger partial charge on any atom is 0.320 e. The molecule has 0 spiro atoms. The average Bonchev–Trinajstić information content (AvgIpc) is 2.74. The Balaban J connectivity index is 1.30. The zero-order chi connectivity index (χ0) is 22.2. The van der Waals surface area contributed by atoms with Crippen molar-refractivity contribution < 1.29 is 27.1 Å². The van der Waals surface area contributed by atoms with Gasteiger partial charge in [-0.25, -0.2) is 17.6 Å². The summed E-state index contributed by atoms with van der Waals surface area (Å²) in [5.41, 5.74) is 0.507. The van der Waals surface area contributed by atoms with Gasteiger partial charge in [-0.15, -0.1) is 0 Å². The van der Waals surface area contributed by atoms with E-state index in [0.717, 1.165) is 25.2 Å². The minimum absolute atomic E-state index is 0.0162. The molecule has 1 aromatic rings. The summed E-state index contributed by atoms with van der Waals surface area (Å²) in [5, 5.41) is 2.91. The van der Waals surface area contributed by atoms with E-state index in [0.29, 0.717) is 44.6 Å². The number of sulfone groups is 1. The summed E-state index contributed by atoms with van der Waals surface area (Å²) in [6.07, 6.45) is 3.78. The first-order valence-corrected chi connectivity index (χ1v) is 12.5. The van der Waals surface area contributed by atoms with E-state index in [1.165, 1.54) is 6.07 Å². The number of nitrogens with zero attached hydrogens (tertiary/aromatic N) is 2. The van der Waals surface area contributed by atoms with Gasteiger partial charge in [0.2, 0.25) is 5.91 Å². The van der Waals surface area contributed by atoms with Crippen molar-refractivity contribution in [2.75, 3.05) is 39.0 Å². The Morgan fingerprint density at radius 3 is 2.58 bits per heavy atom. The van der Waals surface area contributed by atoms with Crippen molar-refractivity contribution >= 4 is 21.8 Å². The molecule has 10 heteroatoms. The number of ether oxygens (including phenoxy) is 1. The third kappa shape index (κ3) is 5.01. The number of hydrogen-bond donors (Lipinski definition) is 1. The summed E-state index contributed by atoms with van der Waals surface area (Å²) in [5.74, 6) is -0.409. The number of halogens is 1. The molecule has 3 heterocycles. The first kappa shape index (κ1) is 22.0. The van der Waals surface area contributed by atoms with Crippen LogP contribution in [-0.2, 0) is 25.8 Å². The lowest BCUT2D eigenvalue weighted by atomic mass is 9.90. The van der Waals surface area contributed by atoms with Crippen molar-refractivity contribution in [1.82, 2.24) is 15.1 Å². The molecule has 170 valence electrons. The van der Waals surface area contributed by atoms with Gasteiger partial charge in [0.15, 0.2) is 9.84 Å². The number of morpholine rings is 1. The van der Waals surface area contributed by atoms with Crippen LogP contribution in [0.25, 0.3) is 0 Å². The molecule has 0 aromatic heterocycles. The van der Waals surface area contributed by atoms with E-state index in [1.807, 2.05) is 4.90 Å². The Morgan fingerprint density at radius 1 is 1.19 bits per heavy atom. The minimum Gasteiger partial charge on any atom is -0.366 e. The first-order chi connectivity index (χ1) is 14.7. The quantitative estimate of drug-likeness (QED) is 0.742. The normalized spacial score (nSPS) is 25.2. The Morgan fingerprint density at radius 2 is 1.90 bits per heavy atom. The van der Waals surface area contributed by atoms with E-state index >= 15 is 0 Å². The SMILES string of the molecule is CS(=O)(=O)c1ccc(CC2CCN(C(=O)N3CC[C@@H]4OCC(=O)N[C@@H]4C3)CC2)c(F)c1. The van der Waals surface area contributed by atoms with Crippen LogP contribution in [0.15, 0.2) is 23.1 Å². The number of rotatable bonds is 3. The largest absolute Gasteiger partial charge is 0.366 e. The van der Waals surface area contributed by atoms with Crippen LogP contribution in [0.2, 0.25) is 0 Å². The molecule has 3 aliphatic rings. The van der Waals surface area contributed by atoms with Gasteiger partial charge >= 0.3 is 6.03 Å². The van der Waals surface area contributed by atoms with Gasteiger partial charge in [0.05, 0.1) is 17.0 Å². The van der Waals surface area contributed by atoms with Crippen LogP contribution >= 0.6 is 0 Å². The van der Waals surface area contributed by atoms with Gasteiger partial charge < -0.3 is 19.9 Å². The maximum atomic E-state index is 14.4. The van der Waals surface area contributed by atoms with Crippen molar-refractivity contribution in [1.29, 1.82) is 0 Å². The zero-order valence-electron chi connectivity index (χ0n) is 17.5. The highest BCUT2D eigenvalue weighted by atomic mass is 32.2. The molecule has 0 unspecified atom stereocenters. The second-order valence-electron chi connectivity index (χ2n) is 8.70. The fourth-order valence-corrected chi connectivity index (χ4v) is 5.27. The molecular weight excluding hydrogens is 425 g/mol. The molecule has 0 bridgehead atoms. The summed E-state index contributed by atoms with van der Waals surface area (Å²) >= 11 is 0. The summed E-state index contributed by atoms with van der Waals surface area (Å²) in [6, 6.07) is 3.90. The summed E-state index contributed by atoms with van der Waals surface area (Å²) < 4.78 is 43.1. The number of fused-ring (bicyclic) bond motifs is 1. The van der Waals surface area contributed by atoms with Gasteiger partial charge in [0.25, 0.3) is 0 Å². The first-order valence-electron chi connectivity index (χ1n) is 10.6. The molecule has 0 aliphatic carbocycles. The molecule has 0 saturated carbocycles. The molecule has 4 rings (SSSR count). The van der Waals surface area contributed by atoms with E-state index in [1.54, 1.807) is 11.0 Å². The zero-order valence-corrected chi connectivity index (χ0v) is 18.4.